The van der Waals surface area contributed by atoms with Crippen molar-refractivity contribution in [2.45, 2.75) is 45.6 Å². The highest BCUT2D eigenvalue weighted by atomic mass is 15.0. The van der Waals surface area contributed by atoms with Gasteiger partial charge < -0.3 is 5.32 Å². The minimum atomic E-state index is 0.574. The van der Waals surface area contributed by atoms with E-state index in [-0.39, 0.29) is 0 Å². The van der Waals surface area contributed by atoms with Gasteiger partial charge in [-0.2, -0.15) is 0 Å². The van der Waals surface area contributed by atoms with Crippen LogP contribution in [0.25, 0.3) is 0 Å². The molecule has 1 heterocycles. The predicted octanol–water partition coefficient (Wildman–Crippen LogP) is 2.17. The highest BCUT2D eigenvalue weighted by molar-refractivity contribution is 4.97. The summed E-state index contributed by atoms with van der Waals surface area (Å²) >= 11 is 0. The van der Waals surface area contributed by atoms with Crippen molar-refractivity contribution in [1.29, 1.82) is 0 Å². The Morgan fingerprint density at radius 2 is 2.09 bits per heavy atom. The minimum Gasteiger partial charge on any atom is -0.313 e. The van der Waals surface area contributed by atoms with Gasteiger partial charge in [0.25, 0.3) is 0 Å². The SMILES string of the molecule is CC1(C)CCC2CCCNC21. The Hall–Kier alpha value is -0.0400. The summed E-state index contributed by atoms with van der Waals surface area (Å²) in [7, 11) is 0. The smallest absolute Gasteiger partial charge is 0.0146 e. The second kappa shape index (κ2) is 2.48. The average Bonchev–Trinajstić information content (AvgIpc) is 2.29. The molecule has 11 heavy (non-hydrogen) atoms. The Morgan fingerprint density at radius 3 is 2.82 bits per heavy atom. The lowest BCUT2D eigenvalue weighted by molar-refractivity contribution is 0.213. The standard InChI is InChI=1S/C10H19N/c1-10(2)6-5-8-4-3-7-11-9(8)10/h8-9,11H,3-7H2,1-2H3. The van der Waals surface area contributed by atoms with Gasteiger partial charge in [-0.1, -0.05) is 13.8 Å². The Kier molecular flexibility index (Phi) is 1.71. The van der Waals surface area contributed by atoms with Crippen LogP contribution in [0.3, 0.4) is 0 Å². The average molecular weight is 153 g/mol. The van der Waals surface area contributed by atoms with Gasteiger partial charge in [0.1, 0.15) is 0 Å². The summed E-state index contributed by atoms with van der Waals surface area (Å²) in [6, 6.07) is 0.830. The molecule has 2 unspecified atom stereocenters. The van der Waals surface area contributed by atoms with Gasteiger partial charge in [-0.15, -0.1) is 0 Å². The Balaban J connectivity index is 2.10. The predicted molar refractivity (Wildman–Crippen MR) is 47.5 cm³/mol. The van der Waals surface area contributed by atoms with Crippen LogP contribution in [0.5, 0.6) is 0 Å². The van der Waals surface area contributed by atoms with Crippen LogP contribution in [-0.4, -0.2) is 12.6 Å². The topological polar surface area (TPSA) is 12.0 Å². The summed E-state index contributed by atoms with van der Waals surface area (Å²) in [5, 5.41) is 3.67. The van der Waals surface area contributed by atoms with Gasteiger partial charge in [0.15, 0.2) is 0 Å². The fourth-order valence-corrected chi connectivity index (χ4v) is 2.89. The first-order valence-corrected chi connectivity index (χ1v) is 4.93. The molecule has 1 saturated heterocycles. The van der Waals surface area contributed by atoms with Crippen molar-refractivity contribution in [2.24, 2.45) is 11.3 Å². The van der Waals surface area contributed by atoms with Crippen molar-refractivity contribution < 1.29 is 0 Å². The van der Waals surface area contributed by atoms with Crippen molar-refractivity contribution >= 4 is 0 Å². The highest BCUT2D eigenvalue weighted by Crippen LogP contribution is 2.44. The number of hydrogen-bond acceptors (Lipinski definition) is 1. The summed E-state index contributed by atoms with van der Waals surface area (Å²) in [5.74, 6) is 0.999. The molecule has 0 aromatic rings. The fourth-order valence-electron chi connectivity index (χ4n) is 2.89. The van der Waals surface area contributed by atoms with Gasteiger partial charge in [-0.05, 0) is 43.6 Å². The number of fused-ring (bicyclic) bond motifs is 1. The largest absolute Gasteiger partial charge is 0.313 e. The lowest BCUT2D eigenvalue weighted by Gasteiger charge is -2.35. The van der Waals surface area contributed by atoms with Gasteiger partial charge in [-0.3, -0.25) is 0 Å². The molecule has 0 radical (unpaired) electrons. The van der Waals surface area contributed by atoms with E-state index >= 15 is 0 Å². The summed E-state index contributed by atoms with van der Waals surface area (Å²) < 4.78 is 0. The number of piperidine rings is 1. The molecule has 1 heteroatoms. The maximum absolute atomic E-state index is 3.67. The first-order chi connectivity index (χ1) is 5.20. The molecular weight excluding hydrogens is 134 g/mol. The molecule has 1 N–H and O–H groups in total. The minimum absolute atomic E-state index is 0.574. The summed E-state index contributed by atoms with van der Waals surface area (Å²) in [5.41, 5.74) is 0.574. The van der Waals surface area contributed by atoms with Crippen molar-refractivity contribution in [2.75, 3.05) is 6.54 Å². The molecule has 0 bridgehead atoms. The zero-order valence-corrected chi connectivity index (χ0v) is 7.69. The van der Waals surface area contributed by atoms with E-state index in [9.17, 15) is 0 Å². The summed E-state index contributed by atoms with van der Waals surface area (Å²) in [6.07, 6.45) is 5.76. The van der Waals surface area contributed by atoms with Crippen LogP contribution in [0, 0.1) is 11.3 Å². The second-order valence-corrected chi connectivity index (χ2v) is 4.86. The van der Waals surface area contributed by atoms with Crippen LogP contribution < -0.4 is 5.32 Å². The van der Waals surface area contributed by atoms with Gasteiger partial charge in [-0.25, -0.2) is 0 Å². The van der Waals surface area contributed by atoms with E-state index < -0.39 is 0 Å². The van der Waals surface area contributed by atoms with E-state index in [1.807, 2.05) is 0 Å². The molecule has 1 aliphatic carbocycles. The Morgan fingerprint density at radius 1 is 1.27 bits per heavy atom. The fraction of sp³-hybridized carbons (Fsp3) is 1.00. The van der Waals surface area contributed by atoms with E-state index in [2.05, 4.69) is 19.2 Å². The van der Waals surface area contributed by atoms with Crippen molar-refractivity contribution in [1.82, 2.24) is 5.32 Å². The first kappa shape index (κ1) is 7.60. The lowest BCUT2D eigenvalue weighted by atomic mass is 9.82. The molecule has 0 aromatic heterocycles. The van der Waals surface area contributed by atoms with E-state index in [1.54, 1.807) is 0 Å². The number of rotatable bonds is 0. The third-order valence-corrected chi connectivity index (χ3v) is 3.59. The van der Waals surface area contributed by atoms with E-state index in [0.717, 1.165) is 12.0 Å². The molecule has 2 fully saturated rings. The maximum Gasteiger partial charge on any atom is 0.0146 e. The molecule has 64 valence electrons. The van der Waals surface area contributed by atoms with Gasteiger partial charge in [0, 0.05) is 6.04 Å². The zero-order valence-electron chi connectivity index (χ0n) is 7.69. The van der Waals surface area contributed by atoms with Gasteiger partial charge >= 0.3 is 0 Å². The van der Waals surface area contributed by atoms with Gasteiger partial charge in [0.2, 0.25) is 0 Å². The number of nitrogens with one attached hydrogen (secondary N) is 1. The molecule has 0 amide bonds. The molecule has 2 aliphatic rings. The Labute approximate surface area is 69.6 Å². The van der Waals surface area contributed by atoms with Crippen molar-refractivity contribution in [3.8, 4) is 0 Å². The van der Waals surface area contributed by atoms with E-state index in [0.29, 0.717) is 5.41 Å². The van der Waals surface area contributed by atoms with Crippen LogP contribution in [0.1, 0.15) is 39.5 Å². The van der Waals surface area contributed by atoms with Crippen molar-refractivity contribution in [3.63, 3.8) is 0 Å². The molecule has 1 aliphatic heterocycles. The first-order valence-electron chi connectivity index (χ1n) is 4.93. The van der Waals surface area contributed by atoms with E-state index in [4.69, 9.17) is 0 Å². The second-order valence-electron chi connectivity index (χ2n) is 4.86. The van der Waals surface area contributed by atoms with Crippen LogP contribution in [0.2, 0.25) is 0 Å². The molecule has 0 aromatic carbocycles. The highest BCUT2D eigenvalue weighted by Gasteiger charge is 2.42. The number of hydrogen-bond donors (Lipinski definition) is 1. The molecular formula is C10H19N. The third kappa shape index (κ3) is 1.20. The summed E-state index contributed by atoms with van der Waals surface area (Å²) in [4.78, 5) is 0. The monoisotopic (exact) mass is 153 g/mol. The van der Waals surface area contributed by atoms with Gasteiger partial charge in [0.05, 0.1) is 0 Å². The molecule has 2 atom stereocenters. The van der Waals surface area contributed by atoms with Crippen LogP contribution >= 0.6 is 0 Å². The Bertz CT molecular complexity index is 151. The van der Waals surface area contributed by atoms with Crippen LogP contribution in [0.4, 0.5) is 0 Å². The molecule has 1 saturated carbocycles. The quantitative estimate of drug-likeness (QED) is 0.562. The van der Waals surface area contributed by atoms with E-state index in [1.165, 1.54) is 32.2 Å². The van der Waals surface area contributed by atoms with Crippen molar-refractivity contribution in [3.05, 3.63) is 0 Å². The summed E-state index contributed by atoms with van der Waals surface area (Å²) in [6.45, 7) is 6.08. The van der Waals surface area contributed by atoms with Crippen LogP contribution in [-0.2, 0) is 0 Å². The zero-order chi connectivity index (χ0) is 7.90. The third-order valence-electron chi connectivity index (χ3n) is 3.59. The van der Waals surface area contributed by atoms with Crippen LogP contribution in [0.15, 0.2) is 0 Å². The molecule has 0 spiro atoms. The molecule has 1 nitrogen and oxygen atoms in total. The normalized spacial score (nSPS) is 42.0. The lowest BCUT2D eigenvalue weighted by Crippen LogP contribution is -2.45. The maximum atomic E-state index is 3.67. The molecule has 2 rings (SSSR count).